The van der Waals surface area contributed by atoms with Crippen LogP contribution in [0.15, 0.2) is 18.2 Å². The molecule has 1 radical (unpaired) electrons. The quantitative estimate of drug-likeness (QED) is 0.545. The Morgan fingerprint density at radius 1 is 1.62 bits per heavy atom. The number of benzene rings is 1. The number of nitriles is 1. The van der Waals surface area contributed by atoms with Crippen molar-refractivity contribution < 1.29 is 10.0 Å². The predicted molar refractivity (Wildman–Crippen MR) is 43.1 cm³/mol. The largest absolute Gasteiger partial charge is 0.385 e. The second kappa shape index (κ2) is 3.65. The summed E-state index contributed by atoms with van der Waals surface area (Å²) in [6.45, 7) is 0.782. The fourth-order valence-corrected chi connectivity index (χ4v) is 0.883. The van der Waals surface area contributed by atoms with Crippen molar-refractivity contribution >= 4 is 5.69 Å². The minimum absolute atomic E-state index is 0.0622. The maximum absolute atomic E-state index is 10.4. The zero-order valence-corrected chi connectivity index (χ0v) is 6.47. The zero-order chi connectivity index (χ0) is 9.84. The Kier molecular flexibility index (Phi) is 2.57. The van der Waals surface area contributed by atoms with E-state index in [1.54, 1.807) is 6.07 Å². The Morgan fingerprint density at radius 2 is 2.31 bits per heavy atom. The molecule has 0 aliphatic heterocycles. The minimum atomic E-state index is -0.639. The smallest absolute Gasteiger partial charge is 0.287 e. The third-order valence-electron chi connectivity index (χ3n) is 1.49. The SMILES string of the molecule is N#Cc1cc([CH]O)ccc1[N+](=O)[O-]. The van der Waals surface area contributed by atoms with Gasteiger partial charge in [0, 0.05) is 6.07 Å². The second-order valence-corrected chi connectivity index (χ2v) is 2.27. The molecule has 1 N–H and O–H groups in total. The van der Waals surface area contributed by atoms with Crippen molar-refractivity contribution in [3.05, 3.63) is 46.0 Å². The second-order valence-electron chi connectivity index (χ2n) is 2.27. The van der Waals surface area contributed by atoms with E-state index in [1.807, 2.05) is 0 Å². The van der Waals surface area contributed by atoms with E-state index >= 15 is 0 Å². The average Bonchev–Trinajstić information content (AvgIpc) is 2.16. The molecule has 0 aliphatic carbocycles. The van der Waals surface area contributed by atoms with Crippen molar-refractivity contribution in [2.75, 3.05) is 0 Å². The molecule has 1 aromatic rings. The molecule has 0 amide bonds. The van der Waals surface area contributed by atoms with Gasteiger partial charge in [0.05, 0.1) is 4.92 Å². The van der Waals surface area contributed by atoms with E-state index in [0.29, 0.717) is 5.56 Å². The van der Waals surface area contributed by atoms with Gasteiger partial charge in [0.15, 0.2) is 0 Å². The first kappa shape index (κ1) is 9.16. The highest BCUT2D eigenvalue weighted by Crippen LogP contribution is 2.19. The Morgan fingerprint density at radius 3 is 2.77 bits per heavy atom. The summed E-state index contributed by atoms with van der Waals surface area (Å²) in [5, 5.41) is 27.5. The fourth-order valence-electron chi connectivity index (χ4n) is 0.883. The Hall–Kier alpha value is -1.93. The Labute approximate surface area is 74.0 Å². The summed E-state index contributed by atoms with van der Waals surface area (Å²) >= 11 is 0. The topological polar surface area (TPSA) is 87.2 Å². The molecule has 0 saturated carbocycles. The van der Waals surface area contributed by atoms with Crippen LogP contribution in [-0.4, -0.2) is 10.0 Å². The number of nitro benzene ring substituents is 1. The van der Waals surface area contributed by atoms with Gasteiger partial charge in [-0.05, 0) is 17.7 Å². The number of aliphatic hydroxyl groups excluding tert-OH is 1. The number of nitro groups is 1. The molecule has 0 spiro atoms. The maximum Gasteiger partial charge on any atom is 0.287 e. The van der Waals surface area contributed by atoms with Crippen LogP contribution in [0.4, 0.5) is 5.69 Å². The van der Waals surface area contributed by atoms with Crippen LogP contribution in [-0.2, 0) is 0 Å². The van der Waals surface area contributed by atoms with Crippen LogP contribution >= 0.6 is 0 Å². The number of hydrogen-bond acceptors (Lipinski definition) is 4. The van der Waals surface area contributed by atoms with E-state index in [4.69, 9.17) is 10.4 Å². The van der Waals surface area contributed by atoms with Crippen LogP contribution in [0.25, 0.3) is 0 Å². The van der Waals surface area contributed by atoms with Gasteiger partial charge in [-0.15, -0.1) is 0 Å². The van der Waals surface area contributed by atoms with Gasteiger partial charge in [0.1, 0.15) is 18.2 Å². The highest BCUT2D eigenvalue weighted by molar-refractivity contribution is 5.51. The first-order valence-electron chi connectivity index (χ1n) is 3.35. The van der Waals surface area contributed by atoms with E-state index in [0.717, 1.165) is 6.61 Å². The van der Waals surface area contributed by atoms with Crippen molar-refractivity contribution in [2.45, 2.75) is 0 Å². The molecule has 0 aromatic heterocycles. The average molecular weight is 177 g/mol. The van der Waals surface area contributed by atoms with Crippen LogP contribution in [0.5, 0.6) is 0 Å². The molecule has 13 heavy (non-hydrogen) atoms. The lowest BCUT2D eigenvalue weighted by Crippen LogP contribution is -1.93. The molecular formula is C8H5N2O3. The van der Waals surface area contributed by atoms with Gasteiger partial charge < -0.3 is 5.11 Å². The number of hydrogen-bond donors (Lipinski definition) is 1. The first-order chi connectivity index (χ1) is 6.19. The maximum atomic E-state index is 10.4. The van der Waals surface area contributed by atoms with Crippen LogP contribution in [0.3, 0.4) is 0 Å². The summed E-state index contributed by atoms with van der Waals surface area (Å²) < 4.78 is 0. The van der Waals surface area contributed by atoms with Crippen molar-refractivity contribution in [2.24, 2.45) is 0 Å². The third-order valence-corrected chi connectivity index (χ3v) is 1.49. The lowest BCUT2D eigenvalue weighted by molar-refractivity contribution is -0.385. The molecule has 0 heterocycles. The Balaban J connectivity index is 3.26. The molecule has 5 nitrogen and oxygen atoms in total. The highest BCUT2D eigenvalue weighted by Gasteiger charge is 2.12. The molecule has 0 saturated heterocycles. The lowest BCUT2D eigenvalue weighted by atomic mass is 10.1. The van der Waals surface area contributed by atoms with Crippen molar-refractivity contribution in [1.29, 1.82) is 5.26 Å². The van der Waals surface area contributed by atoms with Gasteiger partial charge >= 0.3 is 0 Å². The van der Waals surface area contributed by atoms with E-state index in [2.05, 4.69) is 0 Å². The summed E-state index contributed by atoms with van der Waals surface area (Å²) in [6, 6.07) is 5.47. The molecule has 5 heteroatoms. The van der Waals surface area contributed by atoms with Crippen LogP contribution < -0.4 is 0 Å². The number of rotatable bonds is 2. The van der Waals surface area contributed by atoms with E-state index < -0.39 is 4.92 Å². The van der Waals surface area contributed by atoms with Crippen molar-refractivity contribution in [3.63, 3.8) is 0 Å². The summed E-state index contributed by atoms with van der Waals surface area (Å²) in [5.74, 6) is 0. The van der Waals surface area contributed by atoms with Crippen molar-refractivity contribution in [3.8, 4) is 6.07 Å². The van der Waals surface area contributed by atoms with Crippen LogP contribution in [0, 0.1) is 28.1 Å². The standard InChI is InChI=1S/C8H5N2O3/c9-4-7-3-6(5-11)1-2-8(7)10(12)13/h1-3,5,11H. The first-order valence-corrected chi connectivity index (χ1v) is 3.35. The molecule has 0 fully saturated rings. The van der Waals surface area contributed by atoms with Gasteiger partial charge in [-0.25, -0.2) is 0 Å². The Bertz CT molecular complexity index is 381. The monoisotopic (exact) mass is 177 g/mol. The summed E-state index contributed by atoms with van der Waals surface area (Å²) in [5.41, 5.74) is 0.0445. The molecule has 0 bridgehead atoms. The van der Waals surface area contributed by atoms with Crippen molar-refractivity contribution in [1.82, 2.24) is 0 Å². The molecule has 1 rings (SSSR count). The number of nitrogens with zero attached hydrogens (tertiary/aromatic N) is 2. The molecule has 0 unspecified atom stereocenters. The van der Waals surface area contributed by atoms with Crippen LogP contribution in [0.1, 0.15) is 11.1 Å². The van der Waals surface area contributed by atoms with E-state index in [9.17, 15) is 10.1 Å². The van der Waals surface area contributed by atoms with E-state index in [1.165, 1.54) is 18.2 Å². The van der Waals surface area contributed by atoms with Gasteiger partial charge in [-0.3, -0.25) is 10.1 Å². The molecule has 1 aromatic carbocycles. The van der Waals surface area contributed by atoms with Gasteiger partial charge in [0.25, 0.3) is 5.69 Å². The number of aliphatic hydroxyl groups is 1. The predicted octanol–water partition coefficient (Wildman–Crippen LogP) is 1.35. The lowest BCUT2D eigenvalue weighted by Gasteiger charge is -1.96. The van der Waals surface area contributed by atoms with Gasteiger partial charge in [0.2, 0.25) is 0 Å². The highest BCUT2D eigenvalue weighted by atomic mass is 16.6. The zero-order valence-electron chi connectivity index (χ0n) is 6.47. The molecule has 0 atom stereocenters. The molecule has 0 aliphatic rings. The molecule has 65 valence electrons. The summed E-state index contributed by atoms with van der Waals surface area (Å²) in [7, 11) is 0. The van der Waals surface area contributed by atoms with Crippen LogP contribution in [0.2, 0.25) is 0 Å². The summed E-state index contributed by atoms with van der Waals surface area (Å²) in [4.78, 5) is 9.72. The fraction of sp³-hybridized carbons (Fsp3) is 0. The summed E-state index contributed by atoms with van der Waals surface area (Å²) in [6.07, 6.45) is 0. The minimum Gasteiger partial charge on any atom is -0.385 e. The van der Waals surface area contributed by atoms with Gasteiger partial charge in [-0.2, -0.15) is 5.26 Å². The third kappa shape index (κ3) is 1.80. The van der Waals surface area contributed by atoms with Gasteiger partial charge in [-0.1, -0.05) is 0 Å². The molecular weight excluding hydrogens is 172 g/mol. The normalized spacial score (nSPS) is 9.23. The van der Waals surface area contributed by atoms with E-state index in [-0.39, 0.29) is 11.3 Å².